The number of aryl methyl sites for hydroxylation is 2. The fourth-order valence-electron chi connectivity index (χ4n) is 2.93. The quantitative estimate of drug-likeness (QED) is 0.455. The highest BCUT2D eigenvalue weighted by Crippen LogP contribution is 2.24. The summed E-state index contributed by atoms with van der Waals surface area (Å²) in [5, 5.41) is 9.00. The molecule has 0 radical (unpaired) electrons. The summed E-state index contributed by atoms with van der Waals surface area (Å²) in [4.78, 5) is 21.4. The summed E-state index contributed by atoms with van der Waals surface area (Å²) in [6, 6.07) is 16.4. The molecule has 4 aromatic rings. The third-order valence-corrected chi connectivity index (χ3v) is 6.26. The predicted octanol–water partition coefficient (Wildman–Crippen LogP) is 5.41. The lowest BCUT2D eigenvalue weighted by atomic mass is 10.1. The van der Waals surface area contributed by atoms with Gasteiger partial charge in [0.05, 0.1) is 22.8 Å². The minimum Gasteiger partial charge on any atom is -0.352 e. The molecular formula is C23H21N3OS2. The highest BCUT2D eigenvalue weighted by atomic mass is 32.1. The molecule has 2 heterocycles. The van der Waals surface area contributed by atoms with Crippen LogP contribution in [-0.2, 0) is 17.8 Å². The van der Waals surface area contributed by atoms with Gasteiger partial charge in [-0.25, -0.2) is 9.97 Å². The zero-order chi connectivity index (χ0) is 20.2. The minimum atomic E-state index is -0.0232. The van der Waals surface area contributed by atoms with Gasteiger partial charge in [0.2, 0.25) is 5.91 Å². The zero-order valence-corrected chi connectivity index (χ0v) is 17.9. The van der Waals surface area contributed by atoms with Crippen LogP contribution in [0.5, 0.6) is 0 Å². The highest BCUT2D eigenvalue weighted by Gasteiger charge is 2.09. The van der Waals surface area contributed by atoms with E-state index in [0.29, 0.717) is 13.0 Å². The van der Waals surface area contributed by atoms with Gasteiger partial charge < -0.3 is 5.32 Å². The molecule has 1 N–H and O–H groups in total. The molecule has 0 bridgehead atoms. The van der Waals surface area contributed by atoms with Crippen LogP contribution in [0.15, 0.2) is 59.3 Å². The number of carbonyl (C=O) groups is 1. The molecule has 0 atom stereocenters. The number of hydrogen-bond donors (Lipinski definition) is 1. The maximum Gasteiger partial charge on any atom is 0.226 e. The lowest BCUT2D eigenvalue weighted by Crippen LogP contribution is -2.24. The average molecular weight is 420 g/mol. The van der Waals surface area contributed by atoms with Crippen molar-refractivity contribution in [1.29, 1.82) is 0 Å². The van der Waals surface area contributed by atoms with E-state index in [4.69, 9.17) is 0 Å². The van der Waals surface area contributed by atoms with Crippen molar-refractivity contribution in [3.05, 3.63) is 81.1 Å². The van der Waals surface area contributed by atoms with Crippen LogP contribution in [0.3, 0.4) is 0 Å². The van der Waals surface area contributed by atoms with E-state index in [0.717, 1.165) is 38.1 Å². The molecule has 0 aliphatic carbocycles. The Labute approximate surface area is 178 Å². The first-order valence-corrected chi connectivity index (χ1v) is 11.1. The maximum atomic E-state index is 12.3. The normalized spacial score (nSPS) is 10.8. The Hall–Kier alpha value is -2.83. The zero-order valence-electron chi connectivity index (χ0n) is 16.3. The molecule has 1 amide bonds. The summed E-state index contributed by atoms with van der Waals surface area (Å²) in [6.07, 6.45) is 0.290. The average Bonchev–Trinajstić information content (AvgIpc) is 3.37. The summed E-state index contributed by atoms with van der Waals surface area (Å²) in [5.41, 5.74) is 6.26. The Bertz CT molecular complexity index is 1110. The van der Waals surface area contributed by atoms with Gasteiger partial charge in [-0.2, -0.15) is 0 Å². The van der Waals surface area contributed by atoms with Gasteiger partial charge in [0.1, 0.15) is 5.01 Å². The number of hydrogen-bond acceptors (Lipinski definition) is 5. The fourth-order valence-corrected chi connectivity index (χ4v) is 4.38. The van der Waals surface area contributed by atoms with Crippen molar-refractivity contribution in [1.82, 2.24) is 15.3 Å². The monoisotopic (exact) mass is 419 g/mol. The second-order valence-corrected chi connectivity index (χ2v) is 8.83. The molecule has 0 aliphatic heterocycles. The van der Waals surface area contributed by atoms with Crippen LogP contribution in [0.2, 0.25) is 0 Å². The van der Waals surface area contributed by atoms with Crippen LogP contribution in [0.4, 0.5) is 0 Å². The molecule has 0 saturated carbocycles. The van der Waals surface area contributed by atoms with Crippen molar-refractivity contribution in [3.63, 3.8) is 0 Å². The molecule has 0 aliphatic rings. The Balaban J connectivity index is 1.31. The number of nitrogens with one attached hydrogen (secondary N) is 1. The Kier molecular flexibility index (Phi) is 5.83. The topological polar surface area (TPSA) is 54.9 Å². The molecule has 29 heavy (non-hydrogen) atoms. The van der Waals surface area contributed by atoms with Gasteiger partial charge in [0, 0.05) is 28.4 Å². The van der Waals surface area contributed by atoms with E-state index in [1.807, 2.05) is 36.6 Å². The van der Waals surface area contributed by atoms with Gasteiger partial charge in [-0.05, 0) is 19.4 Å². The van der Waals surface area contributed by atoms with Gasteiger partial charge in [-0.15, -0.1) is 22.7 Å². The maximum absolute atomic E-state index is 12.3. The summed E-state index contributed by atoms with van der Waals surface area (Å²) in [6.45, 7) is 4.57. The lowest BCUT2D eigenvalue weighted by Gasteiger charge is -2.05. The third-order valence-electron chi connectivity index (χ3n) is 4.55. The van der Waals surface area contributed by atoms with Gasteiger partial charge in [-0.1, -0.05) is 54.1 Å². The highest BCUT2D eigenvalue weighted by molar-refractivity contribution is 7.13. The molecule has 0 unspecified atom stereocenters. The minimum absolute atomic E-state index is 0.0232. The second-order valence-electron chi connectivity index (χ2n) is 6.91. The van der Waals surface area contributed by atoms with Crippen LogP contribution in [0, 0.1) is 13.8 Å². The molecule has 4 nitrogen and oxygen atoms in total. The fraction of sp³-hybridized carbons (Fsp3) is 0.174. The molecule has 146 valence electrons. The molecule has 4 rings (SSSR count). The van der Waals surface area contributed by atoms with Crippen LogP contribution in [0.1, 0.15) is 21.8 Å². The van der Waals surface area contributed by atoms with Crippen molar-refractivity contribution >= 4 is 28.6 Å². The Morgan fingerprint density at radius 3 is 2.31 bits per heavy atom. The first-order valence-electron chi connectivity index (χ1n) is 9.36. The molecule has 0 spiro atoms. The number of carbonyl (C=O) groups excluding carboxylic acids is 1. The molecule has 2 aromatic heterocycles. The lowest BCUT2D eigenvalue weighted by molar-refractivity contribution is -0.120. The van der Waals surface area contributed by atoms with Crippen LogP contribution in [0.25, 0.3) is 21.8 Å². The van der Waals surface area contributed by atoms with Crippen molar-refractivity contribution in [3.8, 4) is 21.8 Å². The van der Waals surface area contributed by atoms with E-state index in [9.17, 15) is 4.79 Å². The van der Waals surface area contributed by atoms with E-state index < -0.39 is 0 Å². The summed E-state index contributed by atoms with van der Waals surface area (Å²) in [7, 11) is 0. The van der Waals surface area contributed by atoms with Crippen molar-refractivity contribution in [2.24, 2.45) is 0 Å². The number of rotatable bonds is 6. The molecule has 2 aromatic carbocycles. The largest absolute Gasteiger partial charge is 0.352 e. The van der Waals surface area contributed by atoms with E-state index in [-0.39, 0.29) is 5.91 Å². The van der Waals surface area contributed by atoms with E-state index in [1.54, 1.807) is 22.7 Å². The van der Waals surface area contributed by atoms with Crippen molar-refractivity contribution in [2.75, 3.05) is 0 Å². The molecule has 0 fully saturated rings. The number of thiazole rings is 2. The van der Waals surface area contributed by atoms with Gasteiger partial charge in [0.15, 0.2) is 0 Å². The van der Waals surface area contributed by atoms with Crippen LogP contribution >= 0.6 is 22.7 Å². The number of nitrogens with zero attached hydrogens (tertiary/aromatic N) is 2. The predicted molar refractivity (Wildman–Crippen MR) is 120 cm³/mol. The van der Waals surface area contributed by atoms with E-state index in [1.165, 1.54) is 5.56 Å². The summed E-state index contributed by atoms with van der Waals surface area (Å²) >= 11 is 3.22. The standard InChI is InChI=1S/C23H21N3OS2/c1-15-3-7-19(8-4-15)23-26-20(13-29-23)11-22(27)24-12-17-5-9-18(10-6-17)21-14-28-16(2)25-21/h3-10,13-14H,11-12H2,1-2H3,(H,24,27). The van der Waals surface area contributed by atoms with Crippen molar-refractivity contribution < 1.29 is 4.79 Å². The van der Waals surface area contributed by atoms with Gasteiger partial charge in [-0.3, -0.25) is 4.79 Å². The van der Waals surface area contributed by atoms with E-state index in [2.05, 4.69) is 51.9 Å². The number of aromatic nitrogens is 2. The number of benzene rings is 2. The third kappa shape index (κ3) is 4.96. The van der Waals surface area contributed by atoms with Crippen LogP contribution < -0.4 is 5.32 Å². The van der Waals surface area contributed by atoms with Crippen molar-refractivity contribution in [2.45, 2.75) is 26.8 Å². The Morgan fingerprint density at radius 2 is 1.62 bits per heavy atom. The van der Waals surface area contributed by atoms with Gasteiger partial charge >= 0.3 is 0 Å². The summed E-state index contributed by atoms with van der Waals surface area (Å²) in [5.74, 6) is -0.0232. The Morgan fingerprint density at radius 1 is 0.897 bits per heavy atom. The second kappa shape index (κ2) is 8.68. The van der Waals surface area contributed by atoms with Gasteiger partial charge in [0.25, 0.3) is 0 Å². The van der Waals surface area contributed by atoms with E-state index >= 15 is 0 Å². The van der Waals surface area contributed by atoms with Crippen LogP contribution in [-0.4, -0.2) is 15.9 Å². The smallest absolute Gasteiger partial charge is 0.226 e. The summed E-state index contributed by atoms with van der Waals surface area (Å²) < 4.78 is 0. The first kappa shape index (κ1) is 19.5. The number of amides is 1. The molecular weight excluding hydrogens is 398 g/mol. The molecule has 6 heteroatoms. The molecule has 0 saturated heterocycles. The SMILES string of the molecule is Cc1ccc(-c2nc(CC(=O)NCc3ccc(-c4csc(C)n4)cc3)cs2)cc1. The first-order chi connectivity index (χ1) is 14.1.